The van der Waals surface area contributed by atoms with Crippen molar-refractivity contribution in [3.63, 3.8) is 0 Å². The van der Waals surface area contributed by atoms with Gasteiger partial charge in [0.05, 0.1) is 19.1 Å². The molecule has 0 spiro atoms. The predicted octanol–water partition coefficient (Wildman–Crippen LogP) is 5.30. The molecule has 6 heteroatoms. The monoisotopic (exact) mass is 460 g/mol. The molecule has 0 radical (unpaired) electrons. The summed E-state index contributed by atoms with van der Waals surface area (Å²) < 4.78 is 5.23. The Kier molecular flexibility index (Phi) is 6.18. The van der Waals surface area contributed by atoms with Crippen molar-refractivity contribution in [1.29, 1.82) is 0 Å². The number of fused-ring (bicyclic) bond motifs is 1. The van der Waals surface area contributed by atoms with E-state index in [1.54, 1.807) is 18.4 Å². The number of nitrogens with zero attached hydrogens (tertiary/aromatic N) is 1. The highest BCUT2D eigenvalue weighted by atomic mass is 32.1. The molecule has 2 amide bonds. The molecule has 0 unspecified atom stereocenters. The number of benzene rings is 2. The Morgan fingerprint density at radius 2 is 1.82 bits per heavy atom. The van der Waals surface area contributed by atoms with E-state index in [1.807, 2.05) is 64.9 Å². The van der Waals surface area contributed by atoms with Gasteiger partial charge in [0.2, 0.25) is 5.91 Å². The number of hydrogen-bond donors (Lipinski definition) is 1. The molecule has 2 aromatic carbocycles. The standard InChI is InChI=1S/C27H28N2O3S/c1-32-20-14-12-18(13-15-20)17-28-26(30)24-21-9-4-5-10-22(21)27(31)29(19-7-2-3-8-19)25(24)23-11-6-16-33-23/h4-6,9-16,19,24-25H,2-3,7-8,17H2,1H3,(H,28,30)/t24-,25+/m0/s1. The molecule has 2 heterocycles. The number of carbonyl (C=O) groups is 2. The molecule has 3 aromatic rings. The predicted molar refractivity (Wildman–Crippen MR) is 130 cm³/mol. The average molecular weight is 461 g/mol. The third kappa shape index (κ3) is 4.15. The Morgan fingerprint density at radius 3 is 2.52 bits per heavy atom. The SMILES string of the molecule is COc1ccc(CNC(=O)[C@H]2c3ccccc3C(=O)N(C3CCCC3)[C@@H]2c2cccs2)cc1. The van der Waals surface area contributed by atoms with Gasteiger partial charge >= 0.3 is 0 Å². The first kappa shape index (κ1) is 21.7. The summed E-state index contributed by atoms with van der Waals surface area (Å²) in [6.45, 7) is 0.427. The number of hydrogen-bond acceptors (Lipinski definition) is 4. The Labute approximate surface area is 198 Å². The zero-order valence-electron chi connectivity index (χ0n) is 18.7. The van der Waals surface area contributed by atoms with Crippen LogP contribution in [0.2, 0.25) is 0 Å². The lowest BCUT2D eigenvalue weighted by molar-refractivity contribution is -0.124. The summed E-state index contributed by atoms with van der Waals surface area (Å²) >= 11 is 1.62. The molecule has 1 aromatic heterocycles. The number of ether oxygens (including phenoxy) is 1. The highest BCUT2D eigenvalue weighted by molar-refractivity contribution is 7.10. The zero-order chi connectivity index (χ0) is 22.8. The summed E-state index contributed by atoms with van der Waals surface area (Å²) in [5, 5.41) is 5.18. The molecule has 0 bridgehead atoms. The van der Waals surface area contributed by atoms with Crippen molar-refractivity contribution >= 4 is 23.2 Å². The van der Waals surface area contributed by atoms with Crippen LogP contribution in [-0.4, -0.2) is 29.9 Å². The first-order valence-electron chi connectivity index (χ1n) is 11.5. The summed E-state index contributed by atoms with van der Waals surface area (Å²) in [6.07, 6.45) is 4.25. The topological polar surface area (TPSA) is 58.6 Å². The molecule has 1 N–H and O–H groups in total. The van der Waals surface area contributed by atoms with Gasteiger partial charge in [-0.3, -0.25) is 9.59 Å². The summed E-state index contributed by atoms with van der Waals surface area (Å²) in [4.78, 5) is 30.6. The number of nitrogens with one attached hydrogen (secondary N) is 1. The molecular weight excluding hydrogens is 432 g/mol. The Bertz CT molecular complexity index is 1120. The second-order valence-electron chi connectivity index (χ2n) is 8.74. The smallest absolute Gasteiger partial charge is 0.254 e. The van der Waals surface area contributed by atoms with E-state index in [2.05, 4.69) is 11.4 Å². The van der Waals surface area contributed by atoms with E-state index in [1.165, 1.54) is 0 Å². The minimum atomic E-state index is -0.448. The van der Waals surface area contributed by atoms with Crippen LogP contribution in [0.1, 0.15) is 64.0 Å². The van der Waals surface area contributed by atoms with Gasteiger partial charge in [-0.2, -0.15) is 0 Å². The van der Waals surface area contributed by atoms with Gasteiger partial charge in [-0.05, 0) is 53.6 Å². The Balaban J connectivity index is 1.51. The molecule has 1 aliphatic heterocycles. The maximum absolute atomic E-state index is 13.8. The second kappa shape index (κ2) is 9.40. The van der Waals surface area contributed by atoms with E-state index in [-0.39, 0.29) is 23.9 Å². The van der Waals surface area contributed by atoms with Crippen molar-refractivity contribution in [3.05, 3.63) is 87.6 Å². The first-order chi connectivity index (χ1) is 16.2. The van der Waals surface area contributed by atoms with Crippen molar-refractivity contribution in [1.82, 2.24) is 10.2 Å². The van der Waals surface area contributed by atoms with Gasteiger partial charge in [0.1, 0.15) is 5.75 Å². The molecule has 170 valence electrons. The van der Waals surface area contributed by atoms with Gasteiger partial charge in [-0.1, -0.05) is 49.2 Å². The van der Waals surface area contributed by atoms with Crippen LogP contribution in [0.25, 0.3) is 0 Å². The molecule has 1 aliphatic carbocycles. The van der Waals surface area contributed by atoms with E-state index in [0.717, 1.165) is 47.4 Å². The van der Waals surface area contributed by atoms with Gasteiger partial charge in [0, 0.05) is 23.0 Å². The van der Waals surface area contributed by atoms with E-state index in [9.17, 15) is 9.59 Å². The van der Waals surface area contributed by atoms with Crippen molar-refractivity contribution in [2.24, 2.45) is 0 Å². The highest BCUT2D eigenvalue weighted by Gasteiger charge is 2.47. The molecule has 1 saturated carbocycles. The number of carbonyl (C=O) groups excluding carboxylic acids is 2. The van der Waals surface area contributed by atoms with Crippen LogP contribution >= 0.6 is 11.3 Å². The fraction of sp³-hybridized carbons (Fsp3) is 0.333. The van der Waals surface area contributed by atoms with Gasteiger partial charge in [-0.25, -0.2) is 0 Å². The molecule has 1 fully saturated rings. The lowest BCUT2D eigenvalue weighted by Crippen LogP contribution is -2.50. The maximum Gasteiger partial charge on any atom is 0.254 e. The minimum Gasteiger partial charge on any atom is -0.497 e. The fourth-order valence-corrected chi connectivity index (χ4v) is 6.08. The molecule has 33 heavy (non-hydrogen) atoms. The largest absolute Gasteiger partial charge is 0.497 e. The van der Waals surface area contributed by atoms with Crippen molar-refractivity contribution in [2.75, 3.05) is 7.11 Å². The fourth-order valence-electron chi connectivity index (χ4n) is 5.22. The van der Waals surface area contributed by atoms with Crippen molar-refractivity contribution in [2.45, 2.75) is 50.2 Å². The first-order valence-corrected chi connectivity index (χ1v) is 12.4. The summed E-state index contributed by atoms with van der Waals surface area (Å²) in [5.41, 5.74) is 2.48. The van der Waals surface area contributed by atoms with Gasteiger partial charge in [-0.15, -0.1) is 11.3 Å². The molecule has 2 aliphatic rings. The van der Waals surface area contributed by atoms with Crippen LogP contribution < -0.4 is 10.1 Å². The van der Waals surface area contributed by atoms with Crippen LogP contribution in [0.15, 0.2) is 66.0 Å². The summed E-state index contributed by atoms with van der Waals surface area (Å²) in [7, 11) is 1.64. The van der Waals surface area contributed by atoms with Crippen LogP contribution in [0.5, 0.6) is 5.75 Å². The van der Waals surface area contributed by atoms with Gasteiger partial charge in [0.15, 0.2) is 0 Å². The third-order valence-corrected chi connectivity index (χ3v) is 7.78. The molecule has 2 atom stereocenters. The molecule has 5 nitrogen and oxygen atoms in total. The lowest BCUT2D eigenvalue weighted by Gasteiger charge is -2.44. The van der Waals surface area contributed by atoms with Gasteiger partial charge in [0.25, 0.3) is 5.91 Å². The third-order valence-electron chi connectivity index (χ3n) is 6.84. The highest BCUT2D eigenvalue weighted by Crippen LogP contribution is 2.47. The number of thiophene rings is 1. The normalized spacial score (nSPS) is 20.5. The number of rotatable bonds is 6. The molecule has 0 saturated heterocycles. The quantitative estimate of drug-likeness (QED) is 0.543. The zero-order valence-corrected chi connectivity index (χ0v) is 19.5. The summed E-state index contributed by atoms with van der Waals surface area (Å²) in [6, 6.07) is 19.3. The second-order valence-corrected chi connectivity index (χ2v) is 9.72. The minimum absolute atomic E-state index is 0.0489. The van der Waals surface area contributed by atoms with Crippen molar-refractivity contribution in [3.8, 4) is 5.75 Å². The lowest BCUT2D eigenvalue weighted by atomic mass is 9.80. The average Bonchev–Trinajstić information content (AvgIpc) is 3.57. The van der Waals surface area contributed by atoms with Crippen molar-refractivity contribution < 1.29 is 14.3 Å². The van der Waals surface area contributed by atoms with Crippen LogP contribution in [0.4, 0.5) is 0 Å². The Hall–Kier alpha value is -3.12. The van der Waals surface area contributed by atoms with E-state index >= 15 is 0 Å². The number of amides is 2. The maximum atomic E-state index is 13.8. The van der Waals surface area contributed by atoms with Crippen LogP contribution in [-0.2, 0) is 11.3 Å². The van der Waals surface area contributed by atoms with Crippen LogP contribution in [0, 0.1) is 0 Å². The molecular formula is C27H28N2O3S. The molecule has 5 rings (SSSR count). The van der Waals surface area contributed by atoms with E-state index in [0.29, 0.717) is 12.1 Å². The number of methoxy groups -OCH3 is 1. The van der Waals surface area contributed by atoms with E-state index in [4.69, 9.17) is 4.74 Å². The van der Waals surface area contributed by atoms with Crippen LogP contribution in [0.3, 0.4) is 0 Å². The summed E-state index contributed by atoms with van der Waals surface area (Å²) in [5.74, 6) is 0.341. The van der Waals surface area contributed by atoms with Gasteiger partial charge < -0.3 is 15.0 Å². The van der Waals surface area contributed by atoms with E-state index < -0.39 is 5.92 Å². The Morgan fingerprint density at radius 1 is 1.06 bits per heavy atom.